The van der Waals surface area contributed by atoms with Gasteiger partial charge < -0.3 is 15.1 Å². The summed E-state index contributed by atoms with van der Waals surface area (Å²) in [7, 11) is 2.04. The lowest BCUT2D eigenvalue weighted by atomic mass is 10.1. The van der Waals surface area contributed by atoms with Gasteiger partial charge in [-0.1, -0.05) is 12.1 Å². The summed E-state index contributed by atoms with van der Waals surface area (Å²) in [5.41, 5.74) is 3.84. The van der Waals surface area contributed by atoms with Gasteiger partial charge in [-0.2, -0.15) is 0 Å². The first-order chi connectivity index (χ1) is 13.9. The number of nitrogens with one attached hydrogen (secondary N) is 1. The molecule has 0 aliphatic carbocycles. The maximum Gasteiger partial charge on any atom is 0.290 e. The SMILES string of the molecule is Cc1ccc(NC(=O)c2nc(C(=O)N3CCN(C)CC3)n3ccccc23)cc1C. The zero-order valence-electron chi connectivity index (χ0n) is 17.0. The average molecular weight is 391 g/mol. The second-order valence-electron chi connectivity index (χ2n) is 7.59. The summed E-state index contributed by atoms with van der Waals surface area (Å²) in [5.74, 6) is -0.200. The standard InChI is InChI=1S/C22H25N5O2/c1-15-7-8-17(14-16(15)2)23-21(28)19-18-6-4-5-9-27(18)20(24-19)22(29)26-12-10-25(3)11-13-26/h4-9,14H,10-13H2,1-3H3,(H,23,28). The van der Waals surface area contributed by atoms with E-state index in [9.17, 15) is 9.59 Å². The van der Waals surface area contributed by atoms with Gasteiger partial charge in [-0.25, -0.2) is 4.98 Å². The van der Waals surface area contributed by atoms with Crippen LogP contribution in [0.2, 0.25) is 0 Å². The van der Waals surface area contributed by atoms with E-state index in [2.05, 4.69) is 15.2 Å². The number of amides is 2. The molecule has 4 rings (SSSR count). The Bertz CT molecular complexity index is 1080. The lowest BCUT2D eigenvalue weighted by Crippen LogP contribution is -2.47. The zero-order chi connectivity index (χ0) is 20.5. The molecule has 7 heteroatoms. The van der Waals surface area contributed by atoms with Crippen molar-refractivity contribution in [2.75, 3.05) is 38.5 Å². The number of benzene rings is 1. The molecule has 3 heterocycles. The van der Waals surface area contributed by atoms with Crippen LogP contribution < -0.4 is 5.32 Å². The molecule has 1 aliphatic heterocycles. The fourth-order valence-corrected chi connectivity index (χ4v) is 3.52. The number of pyridine rings is 1. The van der Waals surface area contributed by atoms with Gasteiger partial charge in [0.05, 0.1) is 5.52 Å². The van der Waals surface area contributed by atoms with E-state index >= 15 is 0 Å². The molecule has 0 unspecified atom stereocenters. The van der Waals surface area contributed by atoms with Crippen LogP contribution in [0.3, 0.4) is 0 Å². The normalized spacial score (nSPS) is 14.9. The van der Waals surface area contributed by atoms with Crippen molar-refractivity contribution in [3.8, 4) is 0 Å². The van der Waals surface area contributed by atoms with Crippen molar-refractivity contribution in [1.29, 1.82) is 0 Å². The van der Waals surface area contributed by atoms with Crippen LogP contribution in [0.25, 0.3) is 5.52 Å². The molecule has 0 saturated carbocycles. The Labute approximate surface area is 169 Å². The summed E-state index contributed by atoms with van der Waals surface area (Å²) in [6, 6.07) is 11.3. The number of aromatic nitrogens is 2. The van der Waals surface area contributed by atoms with Crippen LogP contribution in [0.1, 0.15) is 32.2 Å². The summed E-state index contributed by atoms with van der Waals surface area (Å²) >= 11 is 0. The second-order valence-corrected chi connectivity index (χ2v) is 7.59. The highest BCUT2D eigenvalue weighted by atomic mass is 16.2. The summed E-state index contributed by atoms with van der Waals surface area (Å²) in [4.78, 5) is 34.5. The van der Waals surface area contributed by atoms with Crippen LogP contribution >= 0.6 is 0 Å². The Balaban J connectivity index is 1.65. The Morgan fingerprint density at radius 2 is 1.76 bits per heavy atom. The predicted octanol–water partition coefficient (Wildman–Crippen LogP) is 2.59. The summed E-state index contributed by atoms with van der Waals surface area (Å²) in [6.07, 6.45) is 1.78. The smallest absolute Gasteiger partial charge is 0.290 e. The summed E-state index contributed by atoms with van der Waals surface area (Å²) in [5, 5.41) is 2.91. The summed E-state index contributed by atoms with van der Waals surface area (Å²) < 4.78 is 1.70. The van der Waals surface area contributed by atoms with Crippen molar-refractivity contribution in [3.05, 3.63) is 65.2 Å². The third-order valence-electron chi connectivity index (χ3n) is 5.51. The summed E-state index contributed by atoms with van der Waals surface area (Å²) in [6.45, 7) is 7.00. The van der Waals surface area contributed by atoms with Gasteiger partial charge >= 0.3 is 0 Å². The molecule has 1 fully saturated rings. The molecule has 2 amide bonds. The number of rotatable bonds is 3. The van der Waals surface area contributed by atoms with E-state index < -0.39 is 0 Å². The lowest BCUT2D eigenvalue weighted by molar-refractivity contribution is 0.0651. The molecule has 1 aromatic carbocycles. The van der Waals surface area contributed by atoms with Gasteiger partial charge in [0.2, 0.25) is 5.82 Å². The van der Waals surface area contributed by atoms with E-state index in [4.69, 9.17) is 0 Å². The van der Waals surface area contributed by atoms with E-state index in [1.165, 1.54) is 0 Å². The first-order valence-electron chi connectivity index (χ1n) is 9.77. The minimum Gasteiger partial charge on any atom is -0.333 e. The molecular formula is C22H25N5O2. The second kappa shape index (κ2) is 7.67. The van der Waals surface area contributed by atoms with E-state index in [0.717, 1.165) is 24.2 Å². The monoisotopic (exact) mass is 391 g/mol. The first kappa shape index (κ1) is 19.1. The van der Waals surface area contributed by atoms with Gasteiger partial charge in [-0.15, -0.1) is 0 Å². The molecule has 0 spiro atoms. The molecule has 0 bridgehead atoms. The zero-order valence-corrected chi connectivity index (χ0v) is 17.0. The molecule has 1 aliphatic rings. The van der Waals surface area contributed by atoms with Crippen LogP contribution in [0.15, 0.2) is 42.6 Å². The van der Waals surface area contributed by atoms with Crippen molar-refractivity contribution in [1.82, 2.24) is 19.2 Å². The van der Waals surface area contributed by atoms with Crippen LogP contribution in [-0.2, 0) is 0 Å². The number of piperazine rings is 1. The van der Waals surface area contributed by atoms with Crippen molar-refractivity contribution < 1.29 is 9.59 Å². The highest BCUT2D eigenvalue weighted by Gasteiger charge is 2.27. The fourth-order valence-electron chi connectivity index (χ4n) is 3.52. The number of nitrogens with zero attached hydrogens (tertiary/aromatic N) is 4. The lowest BCUT2D eigenvalue weighted by Gasteiger charge is -2.31. The van der Waals surface area contributed by atoms with Gasteiger partial charge in [0, 0.05) is 38.1 Å². The molecule has 1 saturated heterocycles. The average Bonchev–Trinajstić information content (AvgIpc) is 3.11. The third-order valence-corrected chi connectivity index (χ3v) is 5.51. The first-order valence-corrected chi connectivity index (χ1v) is 9.77. The number of hydrogen-bond donors (Lipinski definition) is 1. The van der Waals surface area contributed by atoms with Crippen molar-refractivity contribution in [2.45, 2.75) is 13.8 Å². The number of fused-ring (bicyclic) bond motifs is 1. The number of carbonyl (C=O) groups is 2. The van der Waals surface area contributed by atoms with E-state index in [1.807, 2.05) is 57.3 Å². The molecule has 0 radical (unpaired) electrons. The number of likely N-dealkylation sites (N-methyl/N-ethyl adjacent to an activating group) is 1. The predicted molar refractivity (Wildman–Crippen MR) is 112 cm³/mol. The number of carbonyl (C=O) groups excluding carboxylic acids is 2. The van der Waals surface area contributed by atoms with Gasteiger partial charge in [0.15, 0.2) is 5.69 Å². The van der Waals surface area contributed by atoms with E-state index in [-0.39, 0.29) is 23.3 Å². The van der Waals surface area contributed by atoms with Crippen LogP contribution in [0.4, 0.5) is 5.69 Å². The van der Waals surface area contributed by atoms with E-state index in [0.29, 0.717) is 24.3 Å². The Morgan fingerprint density at radius 1 is 1.00 bits per heavy atom. The Kier molecular flexibility index (Phi) is 5.07. The van der Waals surface area contributed by atoms with Crippen molar-refractivity contribution >= 4 is 23.0 Å². The minimum absolute atomic E-state index is 0.149. The van der Waals surface area contributed by atoms with Crippen molar-refractivity contribution in [2.24, 2.45) is 0 Å². The molecule has 3 aromatic rings. The molecular weight excluding hydrogens is 366 g/mol. The number of anilines is 1. The maximum atomic E-state index is 13.1. The molecule has 0 atom stereocenters. The number of imidazole rings is 1. The molecule has 2 aromatic heterocycles. The fraction of sp³-hybridized carbons (Fsp3) is 0.318. The quantitative estimate of drug-likeness (QED) is 0.745. The van der Waals surface area contributed by atoms with Gasteiger partial charge in [-0.05, 0) is 56.3 Å². The largest absolute Gasteiger partial charge is 0.333 e. The van der Waals surface area contributed by atoms with Crippen LogP contribution in [0.5, 0.6) is 0 Å². The topological polar surface area (TPSA) is 70.0 Å². The molecule has 29 heavy (non-hydrogen) atoms. The minimum atomic E-state index is -0.325. The van der Waals surface area contributed by atoms with Crippen molar-refractivity contribution in [3.63, 3.8) is 0 Å². The van der Waals surface area contributed by atoms with Gasteiger partial charge in [0.1, 0.15) is 0 Å². The van der Waals surface area contributed by atoms with Crippen LogP contribution in [0, 0.1) is 13.8 Å². The maximum absolute atomic E-state index is 13.1. The number of aryl methyl sites for hydroxylation is 2. The van der Waals surface area contributed by atoms with Gasteiger partial charge in [0.25, 0.3) is 11.8 Å². The van der Waals surface area contributed by atoms with E-state index in [1.54, 1.807) is 15.5 Å². The highest BCUT2D eigenvalue weighted by molar-refractivity contribution is 6.09. The Morgan fingerprint density at radius 3 is 2.48 bits per heavy atom. The van der Waals surface area contributed by atoms with Gasteiger partial charge in [-0.3, -0.25) is 14.0 Å². The van der Waals surface area contributed by atoms with Crippen LogP contribution in [-0.4, -0.2) is 64.2 Å². The number of hydrogen-bond acceptors (Lipinski definition) is 4. The highest BCUT2D eigenvalue weighted by Crippen LogP contribution is 2.19. The Hall–Kier alpha value is -3.19. The third kappa shape index (κ3) is 3.73. The molecule has 1 N–H and O–H groups in total. The molecule has 7 nitrogen and oxygen atoms in total. The molecule has 150 valence electrons.